The molecular formula is C29H32Cl2N4O8. The summed E-state index contributed by atoms with van der Waals surface area (Å²) < 4.78 is 10.9. The van der Waals surface area contributed by atoms with Crippen LogP contribution in [0.2, 0.25) is 10.0 Å². The first-order chi connectivity index (χ1) is 19.8. The number of ether oxygens (including phenoxy) is 2. The van der Waals surface area contributed by atoms with Crippen LogP contribution in [0.5, 0.6) is 0 Å². The van der Waals surface area contributed by atoms with Gasteiger partial charge in [0, 0.05) is 39.5 Å². The highest BCUT2D eigenvalue weighted by atomic mass is 35.5. The molecule has 2 atom stereocenters. The number of benzene rings is 2. The van der Waals surface area contributed by atoms with Gasteiger partial charge in [0.05, 0.1) is 22.6 Å². The fourth-order valence-corrected chi connectivity index (χ4v) is 5.77. The molecule has 14 heteroatoms. The molecule has 4 rings (SSSR count). The van der Waals surface area contributed by atoms with Gasteiger partial charge in [-0.3, -0.25) is 19.7 Å². The number of nitro benzene ring substituents is 1. The molecule has 4 amide bonds. The number of hydrogen-bond acceptors (Lipinski definition) is 9. The zero-order chi connectivity index (χ0) is 32.2. The van der Waals surface area contributed by atoms with E-state index in [-0.39, 0.29) is 39.7 Å². The predicted molar refractivity (Wildman–Crippen MR) is 159 cm³/mol. The minimum absolute atomic E-state index is 0.0514. The van der Waals surface area contributed by atoms with Crippen LogP contribution in [0.4, 0.5) is 21.0 Å². The number of anilines is 1. The molecule has 0 aliphatic carbocycles. The van der Waals surface area contributed by atoms with Gasteiger partial charge in [-0.15, -0.1) is 0 Å². The van der Waals surface area contributed by atoms with E-state index in [1.807, 2.05) is 0 Å². The first kappa shape index (κ1) is 32.0. The van der Waals surface area contributed by atoms with E-state index in [4.69, 9.17) is 32.7 Å². The lowest BCUT2D eigenvalue weighted by Gasteiger charge is -2.28. The first-order valence-corrected chi connectivity index (χ1v) is 14.3. The highest BCUT2D eigenvalue weighted by Gasteiger charge is 2.48. The van der Waals surface area contributed by atoms with E-state index in [9.17, 15) is 29.3 Å². The number of hydrogen-bond donors (Lipinski definition) is 1. The summed E-state index contributed by atoms with van der Waals surface area (Å²) in [6.07, 6.45) is -1.74. The van der Waals surface area contributed by atoms with Gasteiger partial charge < -0.3 is 14.8 Å². The number of carbonyl (C=O) groups excluding carboxylic acids is 4. The number of nitrogens with one attached hydrogen (secondary N) is 1. The Balaban J connectivity index is 1.66. The molecule has 0 bridgehead atoms. The van der Waals surface area contributed by atoms with Crippen molar-refractivity contribution in [1.82, 2.24) is 9.80 Å². The van der Waals surface area contributed by atoms with Crippen molar-refractivity contribution < 1.29 is 33.6 Å². The van der Waals surface area contributed by atoms with Crippen molar-refractivity contribution in [3.63, 3.8) is 0 Å². The van der Waals surface area contributed by atoms with E-state index in [1.54, 1.807) is 60.6 Å². The first-order valence-electron chi connectivity index (χ1n) is 13.5. The molecule has 0 saturated carbocycles. The van der Waals surface area contributed by atoms with E-state index in [1.165, 1.54) is 6.07 Å². The average molecular weight is 636 g/mol. The van der Waals surface area contributed by atoms with Crippen LogP contribution in [0.25, 0.3) is 0 Å². The Morgan fingerprint density at radius 1 is 0.884 bits per heavy atom. The van der Waals surface area contributed by atoms with Crippen molar-refractivity contribution in [3.05, 3.63) is 66.7 Å². The lowest BCUT2D eigenvalue weighted by atomic mass is 10.00. The average Bonchev–Trinajstić information content (AvgIpc) is 3.30. The van der Waals surface area contributed by atoms with Gasteiger partial charge in [0.25, 0.3) is 17.5 Å². The zero-order valence-electron chi connectivity index (χ0n) is 24.7. The van der Waals surface area contributed by atoms with Crippen LogP contribution in [0.15, 0.2) is 24.3 Å². The van der Waals surface area contributed by atoms with Gasteiger partial charge >= 0.3 is 12.2 Å². The minimum Gasteiger partial charge on any atom is -0.443 e. The molecule has 2 aliphatic rings. The molecule has 43 heavy (non-hydrogen) atoms. The molecule has 2 aromatic rings. The third-order valence-electron chi connectivity index (χ3n) is 6.79. The van der Waals surface area contributed by atoms with Crippen LogP contribution < -0.4 is 5.32 Å². The van der Waals surface area contributed by atoms with Crippen molar-refractivity contribution >= 4 is 58.6 Å². The molecule has 1 N–H and O–H groups in total. The number of imide groups is 2. The Hall–Kier alpha value is -3.90. The van der Waals surface area contributed by atoms with Crippen molar-refractivity contribution in [2.75, 3.05) is 11.9 Å². The third kappa shape index (κ3) is 6.12. The van der Waals surface area contributed by atoms with E-state index < -0.39 is 57.9 Å². The summed E-state index contributed by atoms with van der Waals surface area (Å²) in [5, 5.41) is 15.3. The van der Waals surface area contributed by atoms with Crippen molar-refractivity contribution in [2.24, 2.45) is 0 Å². The molecule has 0 fully saturated rings. The number of halogens is 2. The van der Waals surface area contributed by atoms with Gasteiger partial charge in [0.1, 0.15) is 16.8 Å². The molecule has 2 unspecified atom stereocenters. The van der Waals surface area contributed by atoms with Gasteiger partial charge in [-0.25, -0.2) is 19.4 Å². The summed E-state index contributed by atoms with van der Waals surface area (Å²) in [7, 11) is 0. The van der Waals surface area contributed by atoms with Crippen LogP contribution in [-0.4, -0.2) is 56.5 Å². The van der Waals surface area contributed by atoms with Crippen molar-refractivity contribution in [1.29, 1.82) is 0 Å². The van der Waals surface area contributed by atoms with E-state index in [0.29, 0.717) is 11.3 Å². The monoisotopic (exact) mass is 634 g/mol. The summed E-state index contributed by atoms with van der Waals surface area (Å²) in [4.78, 5) is 65.9. The molecule has 0 spiro atoms. The molecule has 230 valence electrons. The van der Waals surface area contributed by atoms with Crippen LogP contribution >= 0.6 is 23.2 Å². The van der Waals surface area contributed by atoms with Gasteiger partial charge in [0.15, 0.2) is 0 Å². The summed E-state index contributed by atoms with van der Waals surface area (Å²) in [5.74, 6) is -1.50. The zero-order valence-corrected chi connectivity index (χ0v) is 26.3. The summed E-state index contributed by atoms with van der Waals surface area (Å²) >= 11 is 12.9. The Kier molecular flexibility index (Phi) is 8.42. The fourth-order valence-electron chi connectivity index (χ4n) is 5.17. The molecule has 2 aliphatic heterocycles. The molecule has 12 nitrogen and oxygen atoms in total. The number of carbonyl (C=O) groups is 4. The Bertz CT molecular complexity index is 1550. The highest BCUT2D eigenvalue weighted by molar-refractivity contribution is 6.33. The molecule has 2 heterocycles. The van der Waals surface area contributed by atoms with Gasteiger partial charge in [-0.2, -0.15) is 0 Å². The molecule has 0 radical (unpaired) electrons. The predicted octanol–water partition coefficient (Wildman–Crippen LogP) is 7.29. The second-order valence-electron chi connectivity index (χ2n) is 12.2. The van der Waals surface area contributed by atoms with E-state index in [0.717, 1.165) is 15.9 Å². The summed E-state index contributed by atoms with van der Waals surface area (Å²) in [6, 6.07) is 3.89. The normalized spacial score (nSPS) is 18.0. The number of nitro groups is 1. The van der Waals surface area contributed by atoms with Crippen molar-refractivity contribution in [3.8, 4) is 0 Å². The van der Waals surface area contributed by atoms with Gasteiger partial charge in [0.2, 0.25) is 0 Å². The van der Waals surface area contributed by atoms with Crippen LogP contribution in [0, 0.1) is 10.1 Å². The Morgan fingerprint density at radius 3 is 1.95 bits per heavy atom. The summed E-state index contributed by atoms with van der Waals surface area (Å²) in [6.45, 7) is 11.7. The maximum Gasteiger partial charge on any atom is 0.417 e. The second-order valence-corrected chi connectivity index (χ2v) is 13.0. The smallest absolute Gasteiger partial charge is 0.417 e. The highest BCUT2D eigenvalue weighted by Crippen LogP contribution is 2.46. The SMILES string of the molecule is CC1c2c(Cl)ccc(NCCC3c4c(Cl)ccc([N+](=O)[O-])c4C(=O)N3C(=O)OC(C)(C)C)c2C(=O)N1C(=O)OC(C)(C)C. The fraction of sp³-hybridized carbons (Fsp3) is 0.448. The van der Waals surface area contributed by atoms with Crippen molar-refractivity contribution in [2.45, 2.75) is 78.2 Å². The van der Waals surface area contributed by atoms with E-state index >= 15 is 0 Å². The maximum atomic E-state index is 13.5. The third-order valence-corrected chi connectivity index (χ3v) is 7.45. The number of nitrogens with zero attached hydrogens (tertiary/aromatic N) is 3. The van der Waals surface area contributed by atoms with E-state index in [2.05, 4.69) is 5.32 Å². The quantitative estimate of drug-likeness (QED) is 0.264. The van der Waals surface area contributed by atoms with Gasteiger partial charge in [-0.05, 0) is 73.1 Å². The number of rotatable bonds is 5. The standard InChI is InChI=1S/C29H32Cl2N4O8/c1-14-20-15(30)8-10-17(22(20)24(36)33(14)26(38)42-28(2,3)4)32-13-12-18-21-16(31)9-11-19(35(40)41)23(21)25(37)34(18)27(39)43-29(5,6)7/h8-11,14,18,32H,12-13H2,1-7H3. The number of amides is 4. The Labute approximate surface area is 258 Å². The van der Waals surface area contributed by atoms with Crippen LogP contribution in [0.3, 0.4) is 0 Å². The molecule has 0 aromatic heterocycles. The molecule has 0 saturated heterocycles. The minimum atomic E-state index is -1.01. The second kappa shape index (κ2) is 11.3. The summed E-state index contributed by atoms with van der Waals surface area (Å²) in [5.41, 5.74) is -1.42. The topological polar surface area (TPSA) is 148 Å². The molecule has 2 aromatic carbocycles. The van der Waals surface area contributed by atoms with Crippen LogP contribution in [-0.2, 0) is 9.47 Å². The Morgan fingerprint density at radius 2 is 1.40 bits per heavy atom. The van der Waals surface area contributed by atoms with Gasteiger partial charge in [-0.1, -0.05) is 23.2 Å². The molecular weight excluding hydrogens is 603 g/mol. The number of fused-ring (bicyclic) bond motifs is 2. The largest absolute Gasteiger partial charge is 0.443 e. The maximum absolute atomic E-state index is 13.5. The lowest BCUT2D eigenvalue weighted by Crippen LogP contribution is -2.39. The lowest BCUT2D eigenvalue weighted by molar-refractivity contribution is -0.385. The van der Waals surface area contributed by atoms with Crippen LogP contribution in [0.1, 0.15) is 98.8 Å².